The van der Waals surface area contributed by atoms with Gasteiger partial charge in [0.25, 0.3) is 0 Å². The number of nitrogens with zero attached hydrogens (tertiary/aromatic N) is 4. The van der Waals surface area contributed by atoms with Crippen LogP contribution in [-0.2, 0) is 23.1 Å². The largest absolute Gasteiger partial charge is 0.370 e. The second-order valence-corrected chi connectivity index (χ2v) is 13.9. The fourth-order valence-corrected chi connectivity index (χ4v) is 7.73. The van der Waals surface area contributed by atoms with E-state index in [-0.39, 0.29) is 35.6 Å². The Morgan fingerprint density at radius 3 is 2.42 bits per heavy atom. The van der Waals surface area contributed by atoms with Crippen molar-refractivity contribution in [2.45, 2.75) is 49.5 Å². The van der Waals surface area contributed by atoms with Gasteiger partial charge in [-0.25, -0.2) is 13.2 Å². The molecule has 48 heavy (non-hydrogen) atoms. The summed E-state index contributed by atoms with van der Waals surface area (Å²) in [6.07, 6.45) is 9.13. The van der Waals surface area contributed by atoms with Crippen molar-refractivity contribution < 1.29 is 13.2 Å². The van der Waals surface area contributed by atoms with Crippen LogP contribution in [0.15, 0.2) is 101 Å². The highest BCUT2D eigenvalue weighted by Gasteiger charge is 2.34. The van der Waals surface area contributed by atoms with E-state index < -0.39 is 10.0 Å². The monoisotopic (exact) mass is 670 g/mol. The molecule has 0 saturated carbocycles. The molecule has 3 aromatic rings. The average molecular weight is 671 g/mol. The van der Waals surface area contributed by atoms with Gasteiger partial charge in [0.1, 0.15) is 6.17 Å². The van der Waals surface area contributed by atoms with Crippen LogP contribution in [0.4, 0.5) is 10.5 Å². The molecule has 2 amide bonds. The number of urea groups is 1. The van der Waals surface area contributed by atoms with Gasteiger partial charge >= 0.3 is 6.03 Å². The fraction of sp³-hybridized carbons (Fsp3) is 0.324. The van der Waals surface area contributed by atoms with Gasteiger partial charge in [-0.15, -0.1) is 0 Å². The van der Waals surface area contributed by atoms with E-state index in [9.17, 15) is 13.2 Å². The number of aromatic nitrogens is 1. The maximum absolute atomic E-state index is 14.0. The van der Waals surface area contributed by atoms with Crippen LogP contribution < -0.4 is 37.6 Å². The highest BCUT2D eigenvalue weighted by Crippen LogP contribution is 2.30. The molecule has 0 aliphatic carbocycles. The first kappa shape index (κ1) is 33.2. The summed E-state index contributed by atoms with van der Waals surface area (Å²) in [4.78, 5) is 22.9. The lowest BCUT2D eigenvalue weighted by Crippen LogP contribution is -2.51. The van der Waals surface area contributed by atoms with Crippen molar-refractivity contribution in [2.24, 2.45) is 16.5 Å². The molecular weight excluding hydrogens is 629 g/mol. The van der Waals surface area contributed by atoms with Gasteiger partial charge in [0.05, 0.1) is 10.6 Å². The third-order valence-corrected chi connectivity index (χ3v) is 10.5. The Hall–Kier alpha value is -4.76. The van der Waals surface area contributed by atoms with E-state index in [1.54, 1.807) is 33.7 Å². The van der Waals surface area contributed by atoms with Crippen LogP contribution in [0.3, 0.4) is 0 Å². The number of carbonyl (C=O) groups is 1. The van der Waals surface area contributed by atoms with Crippen molar-refractivity contribution in [3.8, 4) is 0 Å². The third kappa shape index (κ3) is 7.85. The van der Waals surface area contributed by atoms with Crippen LogP contribution in [0.5, 0.6) is 0 Å². The molecule has 3 aliphatic rings. The molecule has 2 aromatic carbocycles. The van der Waals surface area contributed by atoms with Gasteiger partial charge in [-0.1, -0.05) is 24.3 Å². The summed E-state index contributed by atoms with van der Waals surface area (Å²) in [5, 5.41) is 13.1. The molecule has 8 N–H and O–H groups in total. The summed E-state index contributed by atoms with van der Waals surface area (Å²) in [6, 6.07) is 18.1. The number of nitrogens with one attached hydrogen (secondary N) is 4. The Kier molecular flexibility index (Phi) is 10.3. The predicted molar refractivity (Wildman–Crippen MR) is 187 cm³/mol. The molecule has 252 valence electrons. The van der Waals surface area contributed by atoms with Crippen molar-refractivity contribution in [1.29, 1.82) is 0 Å². The van der Waals surface area contributed by atoms with E-state index >= 15 is 0 Å². The number of nitrogens with two attached hydrogens (primary N) is 2. The van der Waals surface area contributed by atoms with Gasteiger partial charge in [0.15, 0.2) is 5.96 Å². The smallest absolute Gasteiger partial charge is 0.327 e. The zero-order valence-corrected chi connectivity index (χ0v) is 27.5. The van der Waals surface area contributed by atoms with E-state index in [4.69, 9.17) is 11.5 Å². The molecular formula is C34H42N10O3S. The third-order valence-electron chi connectivity index (χ3n) is 8.63. The summed E-state index contributed by atoms with van der Waals surface area (Å²) in [6.45, 7) is 3.90. The quantitative estimate of drug-likeness (QED) is 0.0902. The van der Waals surface area contributed by atoms with Gasteiger partial charge in [-0.3, -0.25) is 14.9 Å². The molecule has 0 spiro atoms. The molecule has 14 heteroatoms. The minimum Gasteiger partial charge on any atom is -0.370 e. The molecule has 3 aliphatic heterocycles. The minimum atomic E-state index is -3.77. The van der Waals surface area contributed by atoms with Crippen LogP contribution in [0.1, 0.15) is 36.0 Å². The fourth-order valence-electron chi connectivity index (χ4n) is 6.06. The van der Waals surface area contributed by atoms with Crippen LogP contribution in [0, 0.1) is 0 Å². The Morgan fingerprint density at radius 1 is 0.979 bits per heavy atom. The molecule has 13 nitrogen and oxygen atoms in total. The van der Waals surface area contributed by atoms with Crippen molar-refractivity contribution in [3.63, 3.8) is 0 Å². The van der Waals surface area contributed by atoms with Crippen molar-refractivity contribution in [3.05, 3.63) is 108 Å². The standard InChI is InChI=1S/C34H42N10O3S/c35-33(36)40-15-1-14-39-21-24-2-6-28(7-3-24)43-23-27-20-31(41-32(27)42-34(43)45)26-4-8-30(9-5-26)48(46,47)44(29-12-18-38-19-13-29)22-25-10-16-37-17-11-25/h2-11,16-17,20,23,29,32,38-39,41H,1,12-15,18-19,21-22H2,(H,42,45)(H4,35,36,40). The first-order valence-electron chi connectivity index (χ1n) is 16.1. The van der Waals surface area contributed by atoms with Crippen LogP contribution in [0.2, 0.25) is 0 Å². The summed E-state index contributed by atoms with van der Waals surface area (Å²) in [5.41, 5.74) is 16.0. The number of sulfonamides is 1. The number of hydrogen-bond donors (Lipinski definition) is 6. The lowest BCUT2D eigenvalue weighted by molar-refractivity contribution is 0.244. The zero-order chi connectivity index (χ0) is 33.5. The number of carbonyl (C=O) groups excluding carboxylic acids is 1. The highest BCUT2D eigenvalue weighted by molar-refractivity contribution is 7.89. The van der Waals surface area contributed by atoms with E-state index in [0.717, 1.165) is 72.5 Å². The van der Waals surface area contributed by atoms with Crippen LogP contribution in [-0.4, -0.2) is 68.1 Å². The zero-order valence-electron chi connectivity index (χ0n) is 26.7. The second-order valence-electron chi connectivity index (χ2n) is 12.0. The summed E-state index contributed by atoms with van der Waals surface area (Å²) in [7, 11) is -3.77. The topological polar surface area (TPSA) is 183 Å². The number of anilines is 1. The normalized spacial score (nSPS) is 18.1. The SMILES string of the molecule is NC(N)=NCCCNCc1ccc(N2C=C3C=C(c4ccc(S(=O)(=O)N(Cc5ccncc5)C5CCNCC5)cc4)NC3NC2=O)cc1. The van der Waals surface area contributed by atoms with Crippen LogP contribution in [0.25, 0.3) is 5.70 Å². The molecule has 0 bridgehead atoms. The van der Waals surface area contributed by atoms with E-state index in [1.807, 2.05) is 60.8 Å². The minimum absolute atomic E-state index is 0.0920. The average Bonchev–Trinajstić information content (AvgIpc) is 3.52. The second kappa shape index (κ2) is 15.0. The Bertz CT molecular complexity index is 1770. The molecule has 0 radical (unpaired) electrons. The number of hydrogen-bond acceptors (Lipinski definition) is 8. The van der Waals surface area contributed by atoms with Crippen molar-refractivity contribution >= 4 is 33.4 Å². The van der Waals surface area contributed by atoms with Gasteiger partial charge in [-0.05, 0) is 98.1 Å². The molecule has 1 atom stereocenters. The summed E-state index contributed by atoms with van der Waals surface area (Å²) in [5.74, 6) is 0.101. The molecule has 6 rings (SSSR count). The van der Waals surface area contributed by atoms with Crippen molar-refractivity contribution in [2.75, 3.05) is 31.1 Å². The number of fused-ring (bicyclic) bond motifs is 1. The predicted octanol–water partition coefficient (Wildman–Crippen LogP) is 2.16. The van der Waals surface area contributed by atoms with Crippen LogP contribution >= 0.6 is 0 Å². The van der Waals surface area contributed by atoms with Gasteiger partial charge in [0.2, 0.25) is 10.0 Å². The number of aliphatic imine (C=N–C) groups is 1. The Labute approximate surface area is 281 Å². The number of benzene rings is 2. The number of guanidine groups is 1. The summed E-state index contributed by atoms with van der Waals surface area (Å²) >= 11 is 0. The first-order chi connectivity index (χ1) is 23.3. The Balaban J connectivity index is 1.13. The summed E-state index contributed by atoms with van der Waals surface area (Å²) < 4.78 is 29.6. The number of rotatable bonds is 13. The van der Waals surface area contributed by atoms with Gasteiger partial charge in [0, 0.05) is 55.5 Å². The lowest BCUT2D eigenvalue weighted by atomic mass is 10.1. The van der Waals surface area contributed by atoms with E-state index in [0.29, 0.717) is 13.1 Å². The Morgan fingerprint density at radius 2 is 1.71 bits per heavy atom. The highest BCUT2D eigenvalue weighted by atomic mass is 32.2. The first-order valence-corrected chi connectivity index (χ1v) is 17.6. The number of piperidine rings is 1. The molecule has 1 unspecified atom stereocenters. The lowest BCUT2D eigenvalue weighted by Gasteiger charge is -2.34. The molecule has 1 saturated heterocycles. The maximum atomic E-state index is 14.0. The van der Waals surface area contributed by atoms with E-state index in [2.05, 4.69) is 31.2 Å². The molecule has 1 fully saturated rings. The maximum Gasteiger partial charge on any atom is 0.327 e. The number of amides is 2. The molecule has 4 heterocycles. The number of pyridine rings is 1. The van der Waals surface area contributed by atoms with Gasteiger partial charge in [-0.2, -0.15) is 4.31 Å². The van der Waals surface area contributed by atoms with Gasteiger partial charge < -0.3 is 32.7 Å². The van der Waals surface area contributed by atoms with Crippen molar-refractivity contribution in [1.82, 2.24) is 30.6 Å². The van der Waals surface area contributed by atoms with E-state index in [1.165, 1.54) is 0 Å². The molecule has 1 aromatic heterocycles.